The molecule has 0 fully saturated rings. The lowest BCUT2D eigenvalue weighted by atomic mass is 10.2. The Morgan fingerprint density at radius 1 is 1.06 bits per heavy atom. The fourth-order valence-electron chi connectivity index (χ4n) is 1.22. The van der Waals surface area contributed by atoms with E-state index in [0.29, 0.717) is 0 Å². The highest BCUT2D eigenvalue weighted by Crippen LogP contribution is 2.06. The molecule has 0 aliphatic rings. The van der Waals surface area contributed by atoms with Crippen LogP contribution in [0.1, 0.15) is 34.1 Å². The van der Waals surface area contributed by atoms with Crippen molar-refractivity contribution in [1.29, 1.82) is 0 Å². The predicted octanol–water partition coefficient (Wildman–Crippen LogP) is 3.38. The van der Waals surface area contributed by atoms with Crippen LogP contribution >= 0.6 is 0 Å². The first-order valence-corrected chi connectivity index (χ1v) is 6.29. The standard InChI is InChI=1S/C12H24N2.C2H6/c1-6-8-9-12(7-2)14(5)11-10-13(3)4;1-2/h6,8-9H,7,10-11H2,1-5H3;1-2H3/b8-6-,12-9+;. The van der Waals surface area contributed by atoms with Gasteiger partial charge < -0.3 is 9.80 Å². The van der Waals surface area contributed by atoms with Gasteiger partial charge >= 0.3 is 0 Å². The summed E-state index contributed by atoms with van der Waals surface area (Å²) >= 11 is 0. The molecule has 0 aromatic carbocycles. The maximum atomic E-state index is 2.32. The Morgan fingerprint density at radius 2 is 1.62 bits per heavy atom. The van der Waals surface area contributed by atoms with Gasteiger partial charge in [0, 0.05) is 25.8 Å². The minimum absolute atomic E-state index is 1.09. The number of rotatable bonds is 6. The Bertz CT molecular complexity index is 193. The molecular weight excluding hydrogens is 196 g/mol. The summed E-state index contributed by atoms with van der Waals surface area (Å²) < 4.78 is 0. The Kier molecular flexibility index (Phi) is 13.6. The lowest BCUT2D eigenvalue weighted by Crippen LogP contribution is -2.28. The van der Waals surface area contributed by atoms with Crippen LogP contribution in [0.3, 0.4) is 0 Å². The maximum Gasteiger partial charge on any atom is 0.0299 e. The Hall–Kier alpha value is -0.760. The third-order valence-electron chi connectivity index (χ3n) is 2.22. The topological polar surface area (TPSA) is 6.48 Å². The van der Waals surface area contributed by atoms with Crippen LogP contribution in [-0.2, 0) is 0 Å². The fraction of sp³-hybridized carbons (Fsp3) is 0.714. The van der Waals surface area contributed by atoms with Crippen molar-refractivity contribution in [3.8, 4) is 0 Å². The minimum atomic E-state index is 1.09. The van der Waals surface area contributed by atoms with Gasteiger partial charge in [0.15, 0.2) is 0 Å². The van der Waals surface area contributed by atoms with Crippen molar-refractivity contribution in [3.63, 3.8) is 0 Å². The molecule has 0 spiro atoms. The normalized spacial score (nSPS) is 11.6. The van der Waals surface area contributed by atoms with Gasteiger partial charge in [-0.25, -0.2) is 0 Å². The molecule has 0 unspecified atom stereocenters. The second kappa shape index (κ2) is 12.3. The molecule has 0 N–H and O–H groups in total. The van der Waals surface area contributed by atoms with Gasteiger partial charge in [-0.2, -0.15) is 0 Å². The molecule has 0 aromatic heterocycles. The lowest BCUT2D eigenvalue weighted by molar-refractivity contribution is 0.321. The Morgan fingerprint density at radius 3 is 2.00 bits per heavy atom. The van der Waals surface area contributed by atoms with E-state index in [4.69, 9.17) is 0 Å². The van der Waals surface area contributed by atoms with E-state index in [1.807, 2.05) is 20.8 Å². The molecule has 0 aliphatic carbocycles. The van der Waals surface area contributed by atoms with E-state index in [2.05, 4.69) is 56.1 Å². The summed E-state index contributed by atoms with van der Waals surface area (Å²) in [6.07, 6.45) is 7.45. The summed E-state index contributed by atoms with van der Waals surface area (Å²) in [5.74, 6) is 0. The minimum Gasteiger partial charge on any atom is -0.377 e. The molecule has 96 valence electrons. The molecule has 0 rings (SSSR count). The van der Waals surface area contributed by atoms with Crippen LogP contribution < -0.4 is 0 Å². The average molecular weight is 226 g/mol. The molecule has 0 saturated carbocycles. The van der Waals surface area contributed by atoms with Gasteiger partial charge in [-0.05, 0) is 33.5 Å². The Balaban J connectivity index is 0. The lowest BCUT2D eigenvalue weighted by Gasteiger charge is -2.23. The monoisotopic (exact) mass is 226 g/mol. The van der Waals surface area contributed by atoms with Gasteiger partial charge in [0.05, 0.1) is 0 Å². The molecule has 2 nitrogen and oxygen atoms in total. The highest BCUT2D eigenvalue weighted by Gasteiger charge is 2.01. The molecule has 0 amide bonds. The summed E-state index contributed by atoms with van der Waals surface area (Å²) in [4.78, 5) is 4.53. The molecule has 0 atom stereocenters. The predicted molar refractivity (Wildman–Crippen MR) is 75.7 cm³/mol. The summed E-state index contributed by atoms with van der Waals surface area (Å²) in [6, 6.07) is 0. The van der Waals surface area contributed by atoms with Crippen molar-refractivity contribution in [2.75, 3.05) is 34.2 Å². The summed E-state index contributed by atoms with van der Waals surface area (Å²) in [5.41, 5.74) is 1.39. The van der Waals surface area contributed by atoms with Crippen molar-refractivity contribution in [1.82, 2.24) is 9.80 Å². The van der Waals surface area contributed by atoms with Crippen molar-refractivity contribution in [2.24, 2.45) is 0 Å². The number of hydrogen-bond acceptors (Lipinski definition) is 2. The van der Waals surface area contributed by atoms with Gasteiger partial charge in [-0.3, -0.25) is 0 Å². The zero-order chi connectivity index (χ0) is 13.0. The van der Waals surface area contributed by atoms with E-state index < -0.39 is 0 Å². The van der Waals surface area contributed by atoms with Gasteiger partial charge in [-0.15, -0.1) is 0 Å². The van der Waals surface area contributed by atoms with Crippen molar-refractivity contribution in [3.05, 3.63) is 23.9 Å². The maximum absolute atomic E-state index is 2.32. The number of likely N-dealkylation sites (N-methyl/N-ethyl adjacent to an activating group) is 2. The van der Waals surface area contributed by atoms with Crippen LogP contribution in [0, 0.1) is 0 Å². The molecular formula is C14H30N2. The zero-order valence-electron chi connectivity index (χ0n) is 12.2. The number of nitrogens with zero attached hydrogens (tertiary/aromatic N) is 2. The fourth-order valence-corrected chi connectivity index (χ4v) is 1.22. The van der Waals surface area contributed by atoms with Crippen molar-refractivity contribution < 1.29 is 0 Å². The van der Waals surface area contributed by atoms with Crippen molar-refractivity contribution >= 4 is 0 Å². The second-order valence-corrected chi connectivity index (χ2v) is 3.76. The van der Waals surface area contributed by atoms with E-state index in [1.54, 1.807) is 0 Å². The SMILES string of the molecule is C/C=C\C=C(/CC)N(C)CCN(C)C.CC. The van der Waals surface area contributed by atoms with Gasteiger partial charge in [-0.1, -0.05) is 32.9 Å². The summed E-state index contributed by atoms with van der Waals surface area (Å²) in [7, 11) is 6.37. The second-order valence-electron chi connectivity index (χ2n) is 3.76. The van der Waals surface area contributed by atoms with E-state index in [9.17, 15) is 0 Å². The smallest absolute Gasteiger partial charge is 0.0299 e. The van der Waals surface area contributed by atoms with Gasteiger partial charge in [0.1, 0.15) is 0 Å². The van der Waals surface area contributed by atoms with Gasteiger partial charge in [0.25, 0.3) is 0 Å². The molecule has 16 heavy (non-hydrogen) atoms. The van der Waals surface area contributed by atoms with E-state index in [1.165, 1.54) is 5.70 Å². The summed E-state index contributed by atoms with van der Waals surface area (Å²) in [5, 5.41) is 0. The molecule has 0 radical (unpaired) electrons. The number of hydrogen-bond donors (Lipinski definition) is 0. The first-order chi connectivity index (χ1) is 7.61. The third kappa shape index (κ3) is 9.78. The van der Waals surface area contributed by atoms with Crippen LogP contribution in [0.2, 0.25) is 0 Å². The van der Waals surface area contributed by atoms with Crippen LogP contribution in [0.25, 0.3) is 0 Å². The van der Waals surface area contributed by atoms with E-state index in [-0.39, 0.29) is 0 Å². The molecule has 0 aliphatic heterocycles. The largest absolute Gasteiger partial charge is 0.377 e. The highest BCUT2D eigenvalue weighted by atomic mass is 15.2. The first kappa shape index (κ1) is 17.6. The van der Waals surface area contributed by atoms with E-state index in [0.717, 1.165) is 19.5 Å². The van der Waals surface area contributed by atoms with Crippen LogP contribution in [0.4, 0.5) is 0 Å². The van der Waals surface area contributed by atoms with Crippen LogP contribution in [0.5, 0.6) is 0 Å². The molecule has 0 aromatic rings. The molecule has 2 heteroatoms. The number of allylic oxidation sites excluding steroid dienone is 4. The van der Waals surface area contributed by atoms with E-state index >= 15 is 0 Å². The van der Waals surface area contributed by atoms with Crippen molar-refractivity contribution in [2.45, 2.75) is 34.1 Å². The average Bonchev–Trinajstić information content (AvgIpc) is 2.30. The third-order valence-corrected chi connectivity index (χ3v) is 2.22. The summed E-state index contributed by atoms with van der Waals surface area (Å²) in [6.45, 7) is 10.4. The van der Waals surface area contributed by atoms with Gasteiger partial charge in [0.2, 0.25) is 0 Å². The highest BCUT2D eigenvalue weighted by molar-refractivity contribution is 5.10. The first-order valence-electron chi connectivity index (χ1n) is 6.29. The molecule has 0 saturated heterocycles. The molecule has 0 bridgehead atoms. The Labute approximate surface area is 103 Å². The van der Waals surface area contributed by atoms with Crippen LogP contribution in [-0.4, -0.2) is 44.0 Å². The zero-order valence-corrected chi connectivity index (χ0v) is 12.2. The quantitative estimate of drug-likeness (QED) is 0.641. The van der Waals surface area contributed by atoms with Crippen LogP contribution in [0.15, 0.2) is 23.9 Å². The molecule has 0 heterocycles.